The summed E-state index contributed by atoms with van der Waals surface area (Å²) in [6.07, 6.45) is 3.39. The molecular weight excluding hydrogens is 258 g/mol. The molecule has 0 radical (unpaired) electrons. The Morgan fingerprint density at radius 3 is 2.05 bits per heavy atom. The highest BCUT2D eigenvalue weighted by Gasteiger charge is 2.24. The van der Waals surface area contributed by atoms with Gasteiger partial charge in [-0.05, 0) is 41.0 Å². The van der Waals surface area contributed by atoms with Crippen LogP contribution in [0.5, 0.6) is 0 Å². The van der Waals surface area contributed by atoms with Crippen molar-refractivity contribution in [1.29, 1.82) is 0 Å². The molecular formula is C19H29NO. The Kier molecular flexibility index (Phi) is 5.03. The molecule has 0 heterocycles. The molecule has 1 aromatic rings. The molecule has 0 aliphatic carbocycles. The first-order valence-electron chi connectivity index (χ1n) is 7.54. The molecule has 0 spiro atoms. The lowest BCUT2D eigenvalue weighted by molar-refractivity contribution is -0.113. The van der Waals surface area contributed by atoms with Gasteiger partial charge in [0.05, 0.1) is 0 Å². The molecule has 0 aliphatic rings. The van der Waals surface area contributed by atoms with Crippen LogP contribution in [-0.4, -0.2) is 13.0 Å². The molecule has 0 saturated carbocycles. The average molecular weight is 287 g/mol. The van der Waals surface area contributed by atoms with Crippen LogP contribution in [0.15, 0.2) is 30.4 Å². The summed E-state index contributed by atoms with van der Waals surface area (Å²) in [5, 5.41) is 0. The minimum absolute atomic E-state index is 0.00375. The van der Waals surface area contributed by atoms with Crippen molar-refractivity contribution in [2.24, 2.45) is 0 Å². The van der Waals surface area contributed by atoms with E-state index in [1.54, 1.807) is 17.1 Å². The van der Waals surface area contributed by atoms with Crippen LogP contribution in [0.1, 0.15) is 59.6 Å². The van der Waals surface area contributed by atoms with Gasteiger partial charge in [0.25, 0.3) is 0 Å². The van der Waals surface area contributed by atoms with Crippen molar-refractivity contribution in [2.45, 2.75) is 59.3 Å². The second-order valence-electron chi connectivity index (χ2n) is 7.63. The molecule has 1 amide bonds. The van der Waals surface area contributed by atoms with E-state index in [0.717, 1.165) is 5.69 Å². The number of likely N-dealkylation sites (N-methyl/N-ethyl adjacent to an activating group) is 1. The summed E-state index contributed by atoms with van der Waals surface area (Å²) in [5.74, 6) is 0.00839. The van der Waals surface area contributed by atoms with Gasteiger partial charge in [0.15, 0.2) is 0 Å². The summed E-state index contributed by atoms with van der Waals surface area (Å²) >= 11 is 0. The van der Waals surface area contributed by atoms with Gasteiger partial charge in [-0.1, -0.05) is 59.8 Å². The van der Waals surface area contributed by atoms with Crippen molar-refractivity contribution in [3.05, 3.63) is 41.5 Å². The molecule has 1 aromatic carbocycles. The second kappa shape index (κ2) is 6.05. The van der Waals surface area contributed by atoms with Crippen molar-refractivity contribution in [2.75, 3.05) is 11.9 Å². The number of carbonyl (C=O) groups is 1. The van der Waals surface area contributed by atoms with Crippen LogP contribution in [-0.2, 0) is 15.6 Å². The standard InChI is InChI=1S/C19H29NO/c1-9-10-17(21)20(8)16-13-14(18(2,3)4)11-12-15(16)19(5,6)7/h9-13H,1-8H3/b10-9+. The van der Waals surface area contributed by atoms with Crippen LogP contribution < -0.4 is 4.90 Å². The van der Waals surface area contributed by atoms with Gasteiger partial charge < -0.3 is 4.90 Å². The SMILES string of the molecule is C/C=C/C(=O)N(C)c1cc(C(C)(C)C)ccc1C(C)(C)C. The maximum Gasteiger partial charge on any atom is 0.250 e. The predicted octanol–water partition coefficient (Wildman–Crippen LogP) is 4.82. The molecule has 0 unspecified atom stereocenters. The number of amides is 1. The van der Waals surface area contributed by atoms with E-state index in [1.807, 2.05) is 14.0 Å². The topological polar surface area (TPSA) is 20.3 Å². The monoisotopic (exact) mass is 287 g/mol. The van der Waals surface area contributed by atoms with E-state index in [1.165, 1.54) is 11.1 Å². The summed E-state index contributed by atoms with van der Waals surface area (Å²) in [4.78, 5) is 14.0. The fraction of sp³-hybridized carbons (Fsp3) is 0.526. The highest BCUT2D eigenvalue weighted by atomic mass is 16.2. The summed E-state index contributed by atoms with van der Waals surface area (Å²) < 4.78 is 0. The van der Waals surface area contributed by atoms with Gasteiger partial charge in [-0.15, -0.1) is 0 Å². The molecule has 116 valence electrons. The van der Waals surface area contributed by atoms with Crippen LogP contribution in [0, 0.1) is 0 Å². The molecule has 0 aliphatic heterocycles. The molecule has 0 aromatic heterocycles. The molecule has 0 N–H and O–H groups in total. The van der Waals surface area contributed by atoms with E-state index >= 15 is 0 Å². The third kappa shape index (κ3) is 4.20. The molecule has 0 atom stereocenters. The lowest BCUT2D eigenvalue weighted by Crippen LogP contribution is -2.28. The van der Waals surface area contributed by atoms with Gasteiger partial charge in [0, 0.05) is 12.7 Å². The molecule has 0 bridgehead atoms. The molecule has 2 nitrogen and oxygen atoms in total. The van der Waals surface area contributed by atoms with Crippen molar-refractivity contribution in [1.82, 2.24) is 0 Å². The largest absolute Gasteiger partial charge is 0.312 e. The van der Waals surface area contributed by atoms with Crippen molar-refractivity contribution >= 4 is 11.6 Å². The first-order chi connectivity index (χ1) is 9.48. The molecule has 0 saturated heterocycles. The Bertz CT molecular complexity index is 542. The average Bonchev–Trinajstić information content (AvgIpc) is 2.35. The van der Waals surface area contributed by atoms with Crippen LogP contribution in [0.3, 0.4) is 0 Å². The highest BCUT2D eigenvalue weighted by Crippen LogP contribution is 2.35. The van der Waals surface area contributed by atoms with E-state index in [-0.39, 0.29) is 16.7 Å². The smallest absolute Gasteiger partial charge is 0.250 e. The maximum atomic E-state index is 12.2. The van der Waals surface area contributed by atoms with Crippen molar-refractivity contribution < 1.29 is 4.79 Å². The third-order valence-electron chi connectivity index (χ3n) is 3.67. The Balaban J connectivity index is 3.46. The van der Waals surface area contributed by atoms with E-state index < -0.39 is 0 Å². The molecule has 1 rings (SSSR count). The molecule has 2 heteroatoms. The van der Waals surface area contributed by atoms with E-state index in [2.05, 4.69) is 59.7 Å². The molecule has 21 heavy (non-hydrogen) atoms. The molecule has 0 fully saturated rings. The van der Waals surface area contributed by atoms with E-state index in [0.29, 0.717) is 0 Å². The highest BCUT2D eigenvalue weighted by molar-refractivity contribution is 6.01. The van der Waals surface area contributed by atoms with E-state index in [4.69, 9.17) is 0 Å². The van der Waals surface area contributed by atoms with Crippen molar-refractivity contribution in [3.63, 3.8) is 0 Å². The fourth-order valence-electron chi connectivity index (χ4n) is 2.28. The third-order valence-corrected chi connectivity index (χ3v) is 3.67. The normalized spacial score (nSPS) is 12.8. The zero-order valence-corrected chi connectivity index (χ0v) is 14.7. The lowest BCUT2D eigenvalue weighted by Gasteiger charge is -2.30. The number of anilines is 1. The van der Waals surface area contributed by atoms with Gasteiger partial charge in [-0.25, -0.2) is 0 Å². The quantitative estimate of drug-likeness (QED) is 0.714. The van der Waals surface area contributed by atoms with Crippen molar-refractivity contribution in [3.8, 4) is 0 Å². The first kappa shape index (κ1) is 17.5. The van der Waals surface area contributed by atoms with Gasteiger partial charge in [0.2, 0.25) is 5.91 Å². The Labute approximate surface area is 129 Å². The predicted molar refractivity (Wildman–Crippen MR) is 92.1 cm³/mol. The van der Waals surface area contributed by atoms with Gasteiger partial charge in [-0.3, -0.25) is 4.79 Å². The number of allylic oxidation sites excluding steroid dienone is 1. The summed E-state index contributed by atoms with van der Waals surface area (Å²) in [5.41, 5.74) is 3.49. The second-order valence-corrected chi connectivity index (χ2v) is 7.63. The number of hydrogen-bond acceptors (Lipinski definition) is 1. The van der Waals surface area contributed by atoms with Crippen LogP contribution in [0.25, 0.3) is 0 Å². The summed E-state index contributed by atoms with van der Waals surface area (Å²) in [6, 6.07) is 6.50. The van der Waals surface area contributed by atoms with Crippen LogP contribution in [0.4, 0.5) is 5.69 Å². The Hall–Kier alpha value is -1.57. The van der Waals surface area contributed by atoms with Gasteiger partial charge in [-0.2, -0.15) is 0 Å². The number of rotatable bonds is 2. The summed E-state index contributed by atoms with van der Waals surface area (Å²) in [7, 11) is 1.85. The van der Waals surface area contributed by atoms with E-state index in [9.17, 15) is 4.79 Å². The number of carbonyl (C=O) groups excluding carboxylic acids is 1. The number of hydrogen-bond donors (Lipinski definition) is 0. The summed E-state index contributed by atoms with van der Waals surface area (Å²) in [6.45, 7) is 15.0. The van der Waals surface area contributed by atoms with Crippen LogP contribution in [0.2, 0.25) is 0 Å². The minimum Gasteiger partial charge on any atom is -0.312 e. The van der Waals surface area contributed by atoms with Gasteiger partial charge in [0.1, 0.15) is 0 Å². The Morgan fingerprint density at radius 2 is 1.62 bits per heavy atom. The zero-order chi connectivity index (χ0) is 16.4. The number of benzene rings is 1. The van der Waals surface area contributed by atoms with Gasteiger partial charge >= 0.3 is 0 Å². The fourth-order valence-corrected chi connectivity index (χ4v) is 2.28. The lowest BCUT2D eigenvalue weighted by atomic mass is 9.81. The first-order valence-corrected chi connectivity index (χ1v) is 7.54. The Morgan fingerprint density at radius 1 is 1.05 bits per heavy atom. The minimum atomic E-state index is -0.00375. The maximum absolute atomic E-state index is 12.2. The number of nitrogens with zero attached hydrogens (tertiary/aromatic N) is 1. The zero-order valence-electron chi connectivity index (χ0n) is 14.7. The van der Waals surface area contributed by atoms with Crippen LogP contribution >= 0.6 is 0 Å².